The number of ether oxygens (including phenoxy) is 1. The van der Waals surface area contributed by atoms with Gasteiger partial charge in [-0.25, -0.2) is 4.98 Å². The predicted molar refractivity (Wildman–Crippen MR) is 86.4 cm³/mol. The summed E-state index contributed by atoms with van der Waals surface area (Å²) >= 11 is 0. The third-order valence-corrected chi connectivity index (χ3v) is 4.83. The zero-order valence-electron chi connectivity index (χ0n) is 13.5. The Morgan fingerprint density at radius 3 is 2.88 bits per heavy atom. The lowest BCUT2D eigenvalue weighted by atomic mass is 9.93. The lowest BCUT2D eigenvalue weighted by Gasteiger charge is -2.17. The van der Waals surface area contributed by atoms with E-state index in [1.165, 1.54) is 25.5 Å². The van der Waals surface area contributed by atoms with E-state index in [-0.39, 0.29) is 17.7 Å². The van der Waals surface area contributed by atoms with Crippen molar-refractivity contribution in [2.75, 3.05) is 26.3 Å². The van der Waals surface area contributed by atoms with Gasteiger partial charge in [-0.15, -0.1) is 0 Å². The normalized spacial score (nSPS) is 23.6. The van der Waals surface area contributed by atoms with E-state index in [4.69, 9.17) is 9.15 Å². The molecule has 6 nitrogen and oxygen atoms in total. The molecule has 2 aromatic heterocycles. The minimum atomic E-state index is -0.0885. The summed E-state index contributed by atoms with van der Waals surface area (Å²) in [6.45, 7) is 2.81. The Morgan fingerprint density at radius 1 is 1.25 bits per heavy atom. The summed E-state index contributed by atoms with van der Waals surface area (Å²) in [5.41, 5.74) is 1.38. The van der Waals surface area contributed by atoms with Crippen LogP contribution in [-0.4, -0.2) is 47.1 Å². The molecule has 3 heterocycles. The van der Waals surface area contributed by atoms with Gasteiger partial charge in [0.2, 0.25) is 0 Å². The van der Waals surface area contributed by atoms with Crippen LogP contribution in [0, 0.1) is 11.8 Å². The van der Waals surface area contributed by atoms with Gasteiger partial charge in [-0.3, -0.25) is 9.78 Å². The molecule has 126 valence electrons. The number of oxazole rings is 1. The van der Waals surface area contributed by atoms with Gasteiger partial charge in [-0.1, -0.05) is 6.07 Å². The smallest absolute Gasteiger partial charge is 0.275 e. The molecule has 0 bridgehead atoms. The van der Waals surface area contributed by atoms with E-state index >= 15 is 0 Å². The van der Waals surface area contributed by atoms with E-state index in [0.29, 0.717) is 25.4 Å². The molecule has 1 amide bonds. The molecule has 6 heteroatoms. The van der Waals surface area contributed by atoms with Gasteiger partial charge in [0.25, 0.3) is 5.91 Å². The minimum Gasteiger partial charge on any atom is -0.451 e. The van der Waals surface area contributed by atoms with Crippen LogP contribution in [0.4, 0.5) is 0 Å². The molecular weight excluding hydrogens is 306 g/mol. The summed E-state index contributed by atoms with van der Waals surface area (Å²) in [4.78, 5) is 22.9. The zero-order chi connectivity index (χ0) is 16.4. The Bertz CT molecular complexity index is 670. The van der Waals surface area contributed by atoms with Crippen LogP contribution in [0.3, 0.4) is 0 Å². The second kappa shape index (κ2) is 6.73. The van der Waals surface area contributed by atoms with Crippen molar-refractivity contribution in [3.05, 3.63) is 48.4 Å². The van der Waals surface area contributed by atoms with Gasteiger partial charge >= 0.3 is 0 Å². The molecule has 1 aliphatic heterocycles. The Morgan fingerprint density at radius 2 is 2.17 bits per heavy atom. The third-order valence-electron chi connectivity index (χ3n) is 4.83. The first-order chi connectivity index (χ1) is 11.8. The van der Waals surface area contributed by atoms with Gasteiger partial charge in [0, 0.05) is 43.4 Å². The maximum absolute atomic E-state index is 12.6. The van der Waals surface area contributed by atoms with Crippen molar-refractivity contribution in [1.29, 1.82) is 0 Å². The van der Waals surface area contributed by atoms with Crippen LogP contribution in [0.15, 0.2) is 41.5 Å². The maximum atomic E-state index is 12.6. The Balaban J connectivity index is 1.47. The first-order valence-corrected chi connectivity index (χ1v) is 8.47. The lowest BCUT2D eigenvalue weighted by molar-refractivity contribution is 0.0734. The molecule has 0 N–H and O–H groups in total. The van der Waals surface area contributed by atoms with Gasteiger partial charge in [-0.2, -0.15) is 0 Å². The largest absolute Gasteiger partial charge is 0.451 e. The Kier molecular flexibility index (Phi) is 4.30. The number of hydrogen-bond acceptors (Lipinski definition) is 5. The maximum Gasteiger partial charge on any atom is 0.275 e. The van der Waals surface area contributed by atoms with Crippen molar-refractivity contribution in [3.63, 3.8) is 0 Å². The standard InChI is InChI=1S/C18H21N3O3/c22-18(17-11-24-12-20-17)21-7-14(10-23-9-13-4-5-13)15(8-21)16-3-1-2-6-19-16/h1-3,6,11-15H,4-5,7-10H2/t14-,15+/m0/s1. The van der Waals surface area contributed by atoms with E-state index in [1.54, 1.807) is 6.20 Å². The highest BCUT2D eigenvalue weighted by Gasteiger charge is 2.38. The second-order valence-corrected chi connectivity index (χ2v) is 6.69. The number of carbonyl (C=O) groups is 1. The summed E-state index contributed by atoms with van der Waals surface area (Å²) < 4.78 is 10.8. The molecule has 1 aliphatic carbocycles. The van der Waals surface area contributed by atoms with Crippen LogP contribution in [0.25, 0.3) is 0 Å². The number of aromatic nitrogens is 2. The van der Waals surface area contributed by atoms with Crippen LogP contribution in [0.5, 0.6) is 0 Å². The zero-order valence-corrected chi connectivity index (χ0v) is 13.5. The summed E-state index contributed by atoms with van der Waals surface area (Å²) in [5.74, 6) is 1.11. The predicted octanol–water partition coefficient (Wildman–Crippen LogP) is 2.35. The molecule has 1 saturated carbocycles. The van der Waals surface area contributed by atoms with Crippen LogP contribution in [0.1, 0.15) is 34.9 Å². The summed E-state index contributed by atoms with van der Waals surface area (Å²) in [6, 6.07) is 5.94. The third kappa shape index (κ3) is 3.33. The molecule has 0 aromatic carbocycles. The quantitative estimate of drug-likeness (QED) is 0.814. The van der Waals surface area contributed by atoms with E-state index in [0.717, 1.165) is 18.2 Å². The first-order valence-electron chi connectivity index (χ1n) is 8.47. The van der Waals surface area contributed by atoms with Crippen LogP contribution in [-0.2, 0) is 4.74 Å². The molecule has 24 heavy (non-hydrogen) atoms. The number of likely N-dealkylation sites (tertiary alicyclic amines) is 1. The number of nitrogens with zero attached hydrogens (tertiary/aromatic N) is 3. The highest BCUT2D eigenvalue weighted by atomic mass is 16.5. The monoisotopic (exact) mass is 327 g/mol. The Labute approximate surface area is 140 Å². The fourth-order valence-electron chi connectivity index (χ4n) is 3.29. The molecule has 4 rings (SSSR count). The highest BCUT2D eigenvalue weighted by molar-refractivity contribution is 5.92. The van der Waals surface area contributed by atoms with Crippen molar-refractivity contribution in [1.82, 2.24) is 14.9 Å². The molecule has 1 saturated heterocycles. The molecule has 2 fully saturated rings. The van der Waals surface area contributed by atoms with Crippen molar-refractivity contribution in [3.8, 4) is 0 Å². The Hall–Kier alpha value is -2.21. The number of pyridine rings is 1. The van der Waals surface area contributed by atoms with Crippen molar-refractivity contribution in [2.24, 2.45) is 11.8 Å². The van der Waals surface area contributed by atoms with E-state index in [2.05, 4.69) is 9.97 Å². The molecule has 2 atom stereocenters. The average Bonchev–Trinajstić information content (AvgIpc) is 3.12. The molecular formula is C18H21N3O3. The van der Waals surface area contributed by atoms with Crippen LogP contribution >= 0.6 is 0 Å². The van der Waals surface area contributed by atoms with Gasteiger partial charge in [-0.05, 0) is 30.9 Å². The van der Waals surface area contributed by atoms with Gasteiger partial charge in [0.05, 0.1) is 6.61 Å². The summed E-state index contributed by atoms with van der Waals surface area (Å²) in [7, 11) is 0. The number of hydrogen-bond donors (Lipinski definition) is 0. The summed E-state index contributed by atoms with van der Waals surface area (Å²) in [6.07, 6.45) is 7.06. The first kappa shape index (κ1) is 15.3. The molecule has 2 aromatic rings. The fraction of sp³-hybridized carbons (Fsp3) is 0.500. The van der Waals surface area contributed by atoms with Crippen LogP contribution < -0.4 is 0 Å². The van der Waals surface area contributed by atoms with Crippen molar-refractivity contribution < 1.29 is 13.9 Å². The van der Waals surface area contributed by atoms with E-state index in [1.807, 2.05) is 23.1 Å². The second-order valence-electron chi connectivity index (χ2n) is 6.69. The molecule has 2 aliphatic rings. The van der Waals surface area contributed by atoms with Crippen molar-refractivity contribution in [2.45, 2.75) is 18.8 Å². The summed E-state index contributed by atoms with van der Waals surface area (Å²) in [5, 5.41) is 0. The number of carbonyl (C=O) groups excluding carboxylic acids is 1. The molecule has 0 spiro atoms. The lowest BCUT2D eigenvalue weighted by Crippen LogP contribution is -2.29. The molecule has 0 radical (unpaired) electrons. The minimum absolute atomic E-state index is 0.0885. The number of rotatable bonds is 6. The highest BCUT2D eigenvalue weighted by Crippen LogP contribution is 2.34. The van der Waals surface area contributed by atoms with Crippen LogP contribution in [0.2, 0.25) is 0 Å². The van der Waals surface area contributed by atoms with Crippen molar-refractivity contribution >= 4 is 5.91 Å². The molecule has 0 unspecified atom stereocenters. The van der Waals surface area contributed by atoms with Gasteiger partial charge in [0.1, 0.15) is 6.26 Å². The van der Waals surface area contributed by atoms with Gasteiger partial charge in [0.15, 0.2) is 12.1 Å². The number of amides is 1. The fourth-order valence-corrected chi connectivity index (χ4v) is 3.29. The van der Waals surface area contributed by atoms with E-state index < -0.39 is 0 Å². The SMILES string of the molecule is O=C(c1cocn1)N1C[C@@H](COCC2CC2)[C@H](c2ccccn2)C1. The average molecular weight is 327 g/mol. The van der Waals surface area contributed by atoms with Gasteiger partial charge < -0.3 is 14.1 Å². The van der Waals surface area contributed by atoms with E-state index in [9.17, 15) is 4.79 Å². The topological polar surface area (TPSA) is 68.5 Å².